The maximum absolute atomic E-state index is 12.2. The Morgan fingerprint density at radius 1 is 1.13 bits per heavy atom. The van der Waals surface area contributed by atoms with Crippen LogP contribution in [0.3, 0.4) is 0 Å². The molecule has 0 bridgehead atoms. The second kappa shape index (κ2) is 6.80. The molecule has 0 spiro atoms. The lowest BCUT2D eigenvalue weighted by atomic mass is 10.1. The van der Waals surface area contributed by atoms with Crippen molar-refractivity contribution in [2.75, 3.05) is 0 Å². The third kappa shape index (κ3) is 3.41. The lowest BCUT2D eigenvalue weighted by Gasteiger charge is -2.00. The quantitative estimate of drug-likeness (QED) is 0.570. The second-order valence-electron chi connectivity index (χ2n) is 4.57. The highest BCUT2D eigenvalue weighted by atomic mass is 32.1. The van der Waals surface area contributed by atoms with Crippen molar-refractivity contribution in [3.8, 4) is 17.0 Å². The molecular formula is C16H12N4O2S. The molecule has 0 radical (unpaired) electrons. The molecule has 1 aromatic heterocycles. The summed E-state index contributed by atoms with van der Waals surface area (Å²) in [7, 11) is 0. The SMILES string of the molecule is O=C(N/N=C/c1ccccc1O)c1snnc1-c1ccccc1. The highest BCUT2D eigenvalue weighted by molar-refractivity contribution is 7.08. The highest BCUT2D eigenvalue weighted by Gasteiger charge is 2.17. The first-order valence-electron chi connectivity index (χ1n) is 6.75. The maximum Gasteiger partial charge on any atom is 0.285 e. The van der Waals surface area contributed by atoms with Gasteiger partial charge >= 0.3 is 0 Å². The van der Waals surface area contributed by atoms with Crippen LogP contribution in [0.1, 0.15) is 15.2 Å². The molecule has 0 saturated heterocycles. The number of phenolic OH excluding ortho intramolecular Hbond substituents is 1. The van der Waals surface area contributed by atoms with E-state index in [2.05, 4.69) is 20.1 Å². The van der Waals surface area contributed by atoms with Crippen molar-refractivity contribution < 1.29 is 9.90 Å². The van der Waals surface area contributed by atoms with Gasteiger partial charge in [-0.15, -0.1) is 5.10 Å². The number of benzene rings is 2. The van der Waals surface area contributed by atoms with Gasteiger partial charge in [-0.2, -0.15) is 5.10 Å². The summed E-state index contributed by atoms with van der Waals surface area (Å²) < 4.78 is 3.84. The van der Waals surface area contributed by atoms with Crippen LogP contribution in [0.15, 0.2) is 59.7 Å². The Morgan fingerprint density at radius 3 is 2.65 bits per heavy atom. The van der Waals surface area contributed by atoms with E-state index in [1.807, 2.05) is 30.3 Å². The summed E-state index contributed by atoms with van der Waals surface area (Å²) in [4.78, 5) is 12.6. The number of carbonyl (C=O) groups is 1. The van der Waals surface area contributed by atoms with E-state index in [0.717, 1.165) is 17.1 Å². The minimum atomic E-state index is -0.398. The summed E-state index contributed by atoms with van der Waals surface area (Å²) in [5.41, 5.74) is 4.27. The van der Waals surface area contributed by atoms with Gasteiger partial charge in [-0.05, 0) is 23.7 Å². The first-order valence-corrected chi connectivity index (χ1v) is 7.52. The molecule has 114 valence electrons. The van der Waals surface area contributed by atoms with Crippen molar-refractivity contribution in [1.82, 2.24) is 15.0 Å². The van der Waals surface area contributed by atoms with Crippen LogP contribution >= 0.6 is 11.5 Å². The zero-order valence-electron chi connectivity index (χ0n) is 11.9. The van der Waals surface area contributed by atoms with Gasteiger partial charge in [-0.25, -0.2) is 5.43 Å². The zero-order valence-corrected chi connectivity index (χ0v) is 12.7. The molecule has 0 atom stereocenters. The number of aromatic nitrogens is 2. The van der Waals surface area contributed by atoms with E-state index in [0.29, 0.717) is 16.1 Å². The van der Waals surface area contributed by atoms with Gasteiger partial charge in [0.25, 0.3) is 5.91 Å². The number of para-hydroxylation sites is 1. The van der Waals surface area contributed by atoms with E-state index in [-0.39, 0.29) is 5.75 Å². The van der Waals surface area contributed by atoms with Crippen LogP contribution in [0.2, 0.25) is 0 Å². The molecule has 0 aliphatic rings. The number of nitrogens with one attached hydrogen (secondary N) is 1. The molecule has 2 N–H and O–H groups in total. The van der Waals surface area contributed by atoms with Gasteiger partial charge in [0, 0.05) is 11.1 Å². The highest BCUT2D eigenvalue weighted by Crippen LogP contribution is 2.23. The van der Waals surface area contributed by atoms with Crippen LogP contribution in [0.4, 0.5) is 0 Å². The Morgan fingerprint density at radius 2 is 1.87 bits per heavy atom. The van der Waals surface area contributed by atoms with Gasteiger partial charge in [0.15, 0.2) is 0 Å². The number of phenols is 1. The number of aromatic hydroxyl groups is 1. The van der Waals surface area contributed by atoms with E-state index in [4.69, 9.17) is 0 Å². The van der Waals surface area contributed by atoms with Gasteiger partial charge < -0.3 is 5.11 Å². The summed E-state index contributed by atoms with van der Waals surface area (Å²) in [6.45, 7) is 0. The fraction of sp³-hybridized carbons (Fsp3) is 0. The Kier molecular flexibility index (Phi) is 4.39. The predicted octanol–water partition coefficient (Wildman–Crippen LogP) is 2.67. The topological polar surface area (TPSA) is 87.5 Å². The fourth-order valence-corrected chi connectivity index (χ4v) is 2.51. The van der Waals surface area contributed by atoms with Crippen LogP contribution in [-0.2, 0) is 0 Å². The van der Waals surface area contributed by atoms with Crippen LogP contribution in [-0.4, -0.2) is 26.8 Å². The standard InChI is InChI=1S/C16H12N4O2S/c21-13-9-5-4-8-12(13)10-17-19-16(22)15-14(18-20-23-15)11-6-2-1-3-7-11/h1-10,21H,(H,19,22)/b17-10+. The summed E-state index contributed by atoms with van der Waals surface area (Å²) >= 11 is 1.01. The summed E-state index contributed by atoms with van der Waals surface area (Å²) in [5.74, 6) is -0.305. The average molecular weight is 324 g/mol. The molecular weight excluding hydrogens is 312 g/mol. The van der Waals surface area contributed by atoms with E-state index in [1.54, 1.807) is 24.3 Å². The molecule has 3 rings (SSSR count). The molecule has 1 heterocycles. The molecule has 0 unspecified atom stereocenters. The zero-order chi connectivity index (χ0) is 16.1. The van der Waals surface area contributed by atoms with Crippen molar-refractivity contribution in [2.24, 2.45) is 5.10 Å². The summed E-state index contributed by atoms with van der Waals surface area (Å²) in [5, 5.41) is 17.5. The van der Waals surface area contributed by atoms with Crippen molar-refractivity contribution in [3.05, 3.63) is 65.0 Å². The molecule has 3 aromatic rings. The molecule has 0 fully saturated rings. The predicted molar refractivity (Wildman–Crippen MR) is 88.5 cm³/mol. The van der Waals surface area contributed by atoms with Gasteiger partial charge in [0.1, 0.15) is 16.3 Å². The third-order valence-electron chi connectivity index (χ3n) is 3.05. The fourth-order valence-electron chi connectivity index (χ4n) is 1.93. The van der Waals surface area contributed by atoms with Crippen LogP contribution in [0.25, 0.3) is 11.3 Å². The van der Waals surface area contributed by atoms with E-state index >= 15 is 0 Å². The van der Waals surface area contributed by atoms with Crippen molar-refractivity contribution in [2.45, 2.75) is 0 Å². The summed E-state index contributed by atoms with van der Waals surface area (Å²) in [6, 6.07) is 16.1. The molecule has 7 heteroatoms. The van der Waals surface area contributed by atoms with Gasteiger partial charge in [-0.3, -0.25) is 4.79 Å². The van der Waals surface area contributed by atoms with Crippen LogP contribution < -0.4 is 5.43 Å². The number of nitrogens with zero attached hydrogens (tertiary/aromatic N) is 3. The first-order chi connectivity index (χ1) is 11.3. The van der Waals surface area contributed by atoms with Gasteiger partial charge in [0.2, 0.25) is 0 Å². The Labute approximate surface area is 136 Å². The third-order valence-corrected chi connectivity index (χ3v) is 3.77. The van der Waals surface area contributed by atoms with E-state index in [9.17, 15) is 9.90 Å². The molecule has 0 saturated carbocycles. The smallest absolute Gasteiger partial charge is 0.285 e. The number of hydrazone groups is 1. The molecule has 0 aliphatic carbocycles. The van der Waals surface area contributed by atoms with E-state index in [1.165, 1.54) is 6.21 Å². The lowest BCUT2D eigenvalue weighted by Crippen LogP contribution is -2.17. The first kappa shape index (κ1) is 14.9. The Bertz CT molecular complexity index is 846. The molecule has 2 aromatic carbocycles. The largest absolute Gasteiger partial charge is 0.507 e. The number of hydrogen-bond donors (Lipinski definition) is 2. The summed E-state index contributed by atoms with van der Waals surface area (Å²) in [6.07, 6.45) is 1.38. The minimum absolute atomic E-state index is 0.0925. The van der Waals surface area contributed by atoms with E-state index < -0.39 is 5.91 Å². The normalized spacial score (nSPS) is 10.8. The number of rotatable bonds is 4. The van der Waals surface area contributed by atoms with Crippen molar-refractivity contribution >= 4 is 23.7 Å². The molecule has 23 heavy (non-hydrogen) atoms. The van der Waals surface area contributed by atoms with Gasteiger partial charge in [0.05, 0.1) is 6.21 Å². The van der Waals surface area contributed by atoms with Crippen molar-refractivity contribution in [1.29, 1.82) is 0 Å². The molecule has 0 aliphatic heterocycles. The van der Waals surface area contributed by atoms with Crippen LogP contribution in [0, 0.1) is 0 Å². The number of amides is 1. The van der Waals surface area contributed by atoms with Crippen LogP contribution in [0.5, 0.6) is 5.75 Å². The second-order valence-corrected chi connectivity index (χ2v) is 5.33. The number of hydrogen-bond acceptors (Lipinski definition) is 6. The monoisotopic (exact) mass is 324 g/mol. The Balaban J connectivity index is 1.75. The molecule has 1 amide bonds. The van der Waals surface area contributed by atoms with Gasteiger partial charge in [-0.1, -0.05) is 47.0 Å². The minimum Gasteiger partial charge on any atom is -0.507 e. The Hall–Kier alpha value is -3.06. The lowest BCUT2D eigenvalue weighted by molar-refractivity contribution is 0.0959. The van der Waals surface area contributed by atoms with Crippen molar-refractivity contribution in [3.63, 3.8) is 0 Å². The maximum atomic E-state index is 12.2. The average Bonchev–Trinajstić information content (AvgIpc) is 3.07. The number of carbonyl (C=O) groups excluding carboxylic acids is 1. The molecule has 6 nitrogen and oxygen atoms in total.